The van der Waals surface area contributed by atoms with E-state index in [9.17, 15) is 4.79 Å². The van der Waals surface area contributed by atoms with E-state index in [0.717, 1.165) is 90.6 Å². The molecule has 32 heavy (non-hydrogen) atoms. The fourth-order valence-corrected chi connectivity index (χ4v) is 4.45. The van der Waals surface area contributed by atoms with Crippen molar-refractivity contribution in [2.75, 3.05) is 65.6 Å². The molecule has 6 heteroatoms. The van der Waals surface area contributed by atoms with Gasteiger partial charge in [0, 0.05) is 64.5 Å². The van der Waals surface area contributed by atoms with Crippen LogP contribution in [0.3, 0.4) is 0 Å². The van der Waals surface area contributed by atoms with Crippen LogP contribution < -0.4 is 5.32 Å². The number of hydrogen-bond donors (Lipinski definition) is 1. The number of benzene rings is 2. The molecule has 2 saturated heterocycles. The zero-order valence-corrected chi connectivity index (χ0v) is 19.0. The first-order valence-electron chi connectivity index (χ1n) is 11.9. The van der Waals surface area contributed by atoms with Crippen molar-refractivity contribution in [2.24, 2.45) is 0 Å². The summed E-state index contributed by atoms with van der Waals surface area (Å²) in [5.41, 5.74) is 3.33. The van der Waals surface area contributed by atoms with Crippen molar-refractivity contribution in [2.45, 2.75) is 19.5 Å². The van der Waals surface area contributed by atoms with E-state index in [1.807, 2.05) is 18.2 Å². The Balaban J connectivity index is 1.12. The van der Waals surface area contributed by atoms with Crippen LogP contribution in [0.15, 0.2) is 54.6 Å². The monoisotopic (exact) mass is 436 g/mol. The van der Waals surface area contributed by atoms with Gasteiger partial charge in [-0.1, -0.05) is 42.5 Å². The van der Waals surface area contributed by atoms with Crippen molar-refractivity contribution in [3.63, 3.8) is 0 Å². The van der Waals surface area contributed by atoms with Crippen molar-refractivity contribution >= 4 is 5.91 Å². The number of nitrogens with zero attached hydrogens (tertiary/aromatic N) is 3. The van der Waals surface area contributed by atoms with E-state index >= 15 is 0 Å². The standard InChI is InChI=1S/C26H36N4O2/c31-26(25-9-4-8-24(20-25)22-30-16-18-32-19-17-30)27-10-5-11-28-12-14-29(15-13-28)21-23-6-2-1-3-7-23/h1-4,6-9,20H,5,10-19,21-22H2,(H,27,31). The molecule has 1 amide bonds. The summed E-state index contributed by atoms with van der Waals surface area (Å²) in [6, 6.07) is 18.7. The van der Waals surface area contributed by atoms with Gasteiger partial charge in [-0.25, -0.2) is 0 Å². The van der Waals surface area contributed by atoms with Crippen molar-refractivity contribution in [1.82, 2.24) is 20.0 Å². The summed E-state index contributed by atoms with van der Waals surface area (Å²) in [5.74, 6) is 0.0292. The maximum atomic E-state index is 12.6. The zero-order valence-electron chi connectivity index (χ0n) is 19.0. The van der Waals surface area contributed by atoms with Crippen LogP contribution in [0.25, 0.3) is 0 Å². The number of ether oxygens (including phenoxy) is 1. The number of carbonyl (C=O) groups excluding carboxylic acids is 1. The largest absolute Gasteiger partial charge is 0.379 e. The number of carbonyl (C=O) groups is 1. The van der Waals surface area contributed by atoms with Gasteiger partial charge >= 0.3 is 0 Å². The second-order valence-electron chi connectivity index (χ2n) is 8.80. The van der Waals surface area contributed by atoms with Gasteiger partial charge in [0.15, 0.2) is 0 Å². The van der Waals surface area contributed by atoms with E-state index in [0.29, 0.717) is 0 Å². The third-order valence-corrected chi connectivity index (χ3v) is 6.35. The zero-order chi connectivity index (χ0) is 22.0. The maximum Gasteiger partial charge on any atom is 0.251 e. The first kappa shape index (κ1) is 22.9. The lowest BCUT2D eigenvalue weighted by Crippen LogP contribution is -2.46. The second kappa shape index (κ2) is 12.1. The van der Waals surface area contributed by atoms with Crippen LogP contribution in [-0.4, -0.2) is 86.2 Å². The van der Waals surface area contributed by atoms with E-state index in [2.05, 4.69) is 56.4 Å². The lowest BCUT2D eigenvalue weighted by molar-refractivity contribution is 0.0342. The Kier molecular flexibility index (Phi) is 8.68. The molecule has 2 aliphatic rings. The lowest BCUT2D eigenvalue weighted by Gasteiger charge is -2.34. The topological polar surface area (TPSA) is 48.1 Å². The molecule has 0 saturated carbocycles. The number of piperazine rings is 1. The second-order valence-corrected chi connectivity index (χ2v) is 8.80. The Morgan fingerprint density at radius 3 is 2.22 bits per heavy atom. The highest BCUT2D eigenvalue weighted by Gasteiger charge is 2.17. The van der Waals surface area contributed by atoms with Gasteiger partial charge in [0.05, 0.1) is 13.2 Å². The Morgan fingerprint density at radius 2 is 1.44 bits per heavy atom. The number of amides is 1. The summed E-state index contributed by atoms with van der Waals surface area (Å²) in [6.07, 6.45) is 0.984. The lowest BCUT2D eigenvalue weighted by atomic mass is 10.1. The highest BCUT2D eigenvalue weighted by molar-refractivity contribution is 5.94. The predicted molar refractivity (Wildman–Crippen MR) is 128 cm³/mol. The Labute approximate surface area is 192 Å². The number of rotatable bonds is 9. The molecule has 0 aliphatic carbocycles. The molecule has 0 bridgehead atoms. The first-order chi connectivity index (χ1) is 15.8. The highest BCUT2D eigenvalue weighted by Crippen LogP contribution is 2.11. The molecule has 0 unspecified atom stereocenters. The third-order valence-electron chi connectivity index (χ3n) is 6.35. The van der Waals surface area contributed by atoms with E-state index < -0.39 is 0 Å². The molecule has 2 aromatic carbocycles. The molecule has 2 aromatic rings. The van der Waals surface area contributed by atoms with Gasteiger partial charge in [-0.3, -0.25) is 14.6 Å². The summed E-state index contributed by atoms with van der Waals surface area (Å²) in [5, 5.41) is 3.10. The molecule has 0 spiro atoms. The maximum absolute atomic E-state index is 12.6. The molecule has 6 nitrogen and oxygen atoms in total. The van der Waals surface area contributed by atoms with Gasteiger partial charge in [-0.05, 0) is 36.2 Å². The SMILES string of the molecule is O=C(NCCCN1CCN(Cc2ccccc2)CC1)c1cccc(CN2CCOCC2)c1. The van der Waals surface area contributed by atoms with Crippen LogP contribution >= 0.6 is 0 Å². The van der Waals surface area contributed by atoms with Crippen molar-refractivity contribution in [3.8, 4) is 0 Å². The first-order valence-corrected chi connectivity index (χ1v) is 11.9. The Hall–Kier alpha value is -2.25. The quantitative estimate of drug-likeness (QED) is 0.612. The van der Waals surface area contributed by atoms with E-state index in [1.165, 1.54) is 11.1 Å². The van der Waals surface area contributed by atoms with Gasteiger partial charge in [0.25, 0.3) is 5.91 Å². The van der Waals surface area contributed by atoms with Crippen LogP contribution in [0.4, 0.5) is 0 Å². The highest BCUT2D eigenvalue weighted by atomic mass is 16.5. The average molecular weight is 437 g/mol. The molecule has 0 atom stereocenters. The van der Waals surface area contributed by atoms with Crippen molar-refractivity contribution in [3.05, 3.63) is 71.3 Å². The van der Waals surface area contributed by atoms with Crippen LogP contribution in [0.5, 0.6) is 0 Å². The van der Waals surface area contributed by atoms with Gasteiger partial charge in [-0.2, -0.15) is 0 Å². The number of morpholine rings is 1. The molecule has 0 aromatic heterocycles. The third kappa shape index (κ3) is 7.14. The minimum absolute atomic E-state index is 0.0292. The molecular weight excluding hydrogens is 400 g/mol. The molecule has 4 rings (SSSR count). The predicted octanol–water partition coefficient (Wildman–Crippen LogP) is 2.46. The van der Waals surface area contributed by atoms with E-state index in [4.69, 9.17) is 4.74 Å². The van der Waals surface area contributed by atoms with Crippen molar-refractivity contribution in [1.29, 1.82) is 0 Å². The molecule has 0 radical (unpaired) electrons. The molecule has 2 fully saturated rings. The van der Waals surface area contributed by atoms with Gasteiger partial charge in [0.1, 0.15) is 0 Å². The normalized spacial score (nSPS) is 18.5. The van der Waals surface area contributed by atoms with Gasteiger partial charge < -0.3 is 15.0 Å². The molecular formula is C26H36N4O2. The summed E-state index contributed by atoms with van der Waals surface area (Å²) in [7, 11) is 0. The molecule has 172 valence electrons. The van der Waals surface area contributed by atoms with Crippen LogP contribution in [-0.2, 0) is 17.8 Å². The van der Waals surface area contributed by atoms with Crippen LogP contribution in [0, 0.1) is 0 Å². The Bertz CT molecular complexity index is 831. The minimum atomic E-state index is 0.0292. The summed E-state index contributed by atoms with van der Waals surface area (Å²) in [4.78, 5) is 20.0. The summed E-state index contributed by atoms with van der Waals surface area (Å²) in [6.45, 7) is 11.6. The minimum Gasteiger partial charge on any atom is -0.379 e. The van der Waals surface area contributed by atoms with Crippen LogP contribution in [0.2, 0.25) is 0 Å². The smallest absolute Gasteiger partial charge is 0.251 e. The van der Waals surface area contributed by atoms with Crippen molar-refractivity contribution < 1.29 is 9.53 Å². The summed E-state index contributed by atoms with van der Waals surface area (Å²) >= 11 is 0. The molecule has 1 N–H and O–H groups in total. The van der Waals surface area contributed by atoms with Gasteiger partial charge in [-0.15, -0.1) is 0 Å². The number of nitrogens with one attached hydrogen (secondary N) is 1. The van der Waals surface area contributed by atoms with E-state index in [1.54, 1.807) is 0 Å². The fraction of sp³-hybridized carbons (Fsp3) is 0.500. The van der Waals surface area contributed by atoms with Crippen LogP contribution in [0.1, 0.15) is 27.9 Å². The van der Waals surface area contributed by atoms with E-state index in [-0.39, 0.29) is 5.91 Å². The summed E-state index contributed by atoms with van der Waals surface area (Å²) < 4.78 is 5.42. The number of hydrogen-bond acceptors (Lipinski definition) is 5. The van der Waals surface area contributed by atoms with Gasteiger partial charge in [0.2, 0.25) is 0 Å². The average Bonchev–Trinajstić information content (AvgIpc) is 2.84. The Morgan fingerprint density at radius 1 is 0.781 bits per heavy atom. The fourth-order valence-electron chi connectivity index (χ4n) is 4.45. The molecule has 2 aliphatic heterocycles. The molecule has 2 heterocycles.